The molecule has 1 aliphatic rings. The molecule has 2 aromatic heterocycles. The topological polar surface area (TPSA) is 56.6 Å². The summed E-state index contributed by atoms with van der Waals surface area (Å²) in [5.74, 6) is 1.30. The van der Waals surface area contributed by atoms with Gasteiger partial charge in [0.2, 0.25) is 0 Å². The summed E-state index contributed by atoms with van der Waals surface area (Å²) in [6, 6.07) is 14.7. The van der Waals surface area contributed by atoms with Crippen molar-refractivity contribution in [3.8, 4) is 17.2 Å². The molecule has 0 saturated carbocycles. The van der Waals surface area contributed by atoms with E-state index >= 15 is 0 Å². The van der Waals surface area contributed by atoms with Gasteiger partial charge in [-0.2, -0.15) is 0 Å². The van der Waals surface area contributed by atoms with Gasteiger partial charge in [0.15, 0.2) is 0 Å². The molecule has 3 aromatic rings. The van der Waals surface area contributed by atoms with Crippen LogP contribution >= 0.6 is 11.6 Å². The first-order valence-electron chi connectivity index (χ1n) is 10.5. The van der Waals surface area contributed by atoms with E-state index in [2.05, 4.69) is 16.8 Å². The van der Waals surface area contributed by atoms with Gasteiger partial charge in [-0.15, -0.1) is 0 Å². The van der Waals surface area contributed by atoms with Crippen LogP contribution in [0.15, 0.2) is 65.7 Å². The second-order valence-electron chi connectivity index (χ2n) is 7.72. The minimum atomic E-state index is -0.169. The lowest BCUT2D eigenvalue weighted by atomic mass is 10.2. The summed E-state index contributed by atoms with van der Waals surface area (Å²) in [7, 11) is 0. The van der Waals surface area contributed by atoms with Crippen LogP contribution in [0.4, 0.5) is 0 Å². The molecule has 1 saturated heterocycles. The van der Waals surface area contributed by atoms with E-state index in [9.17, 15) is 4.79 Å². The molecule has 0 bridgehead atoms. The fourth-order valence-corrected chi connectivity index (χ4v) is 3.73. The number of hydrogen-bond acceptors (Lipinski definition) is 5. The molecule has 0 unspecified atom stereocenters. The summed E-state index contributed by atoms with van der Waals surface area (Å²) < 4.78 is 13.2. The number of aromatic nitrogens is 2. The molecule has 31 heavy (non-hydrogen) atoms. The quantitative estimate of drug-likeness (QED) is 0.523. The van der Waals surface area contributed by atoms with E-state index in [1.807, 2.05) is 24.3 Å². The predicted molar refractivity (Wildman–Crippen MR) is 121 cm³/mol. The second-order valence-corrected chi connectivity index (χ2v) is 8.16. The van der Waals surface area contributed by atoms with Crippen LogP contribution in [0.1, 0.15) is 25.5 Å². The van der Waals surface area contributed by atoms with E-state index in [4.69, 9.17) is 21.1 Å². The molecule has 1 aromatic carbocycles. The molecule has 0 N–H and O–H groups in total. The Hall–Kier alpha value is -2.83. The van der Waals surface area contributed by atoms with Crippen LogP contribution in [0.25, 0.3) is 5.69 Å². The standard InChI is InChI=1S/C24H26ClN3O3/c1-18(27-11-2-3-12-27)16-30-22-8-6-21(7-9-22)28-13-10-23(14-24(28)29)31-17-20-5-4-19(25)15-26-20/h4-10,13-15,18H,2-3,11-12,16-17H2,1H3/t18-/m1/s1. The number of pyridine rings is 2. The van der Waals surface area contributed by atoms with Crippen molar-refractivity contribution < 1.29 is 9.47 Å². The van der Waals surface area contributed by atoms with Crippen molar-refractivity contribution in [2.24, 2.45) is 0 Å². The summed E-state index contributed by atoms with van der Waals surface area (Å²) in [6.45, 7) is 5.44. The number of halogens is 1. The summed E-state index contributed by atoms with van der Waals surface area (Å²) >= 11 is 5.84. The van der Waals surface area contributed by atoms with E-state index < -0.39 is 0 Å². The van der Waals surface area contributed by atoms with Gasteiger partial charge in [-0.05, 0) is 75.3 Å². The van der Waals surface area contributed by atoms with Crippen LogP contribution in [0.2, 0.25) is 5.02 Å². The zero-order valence-electron chi connectivity index (χ0n) is 17.5. The normalized spacial score (nSPS) is 15.0. The van der Waals surface area contributed by atoms with E-state index in [-0.39, 0.29) is 12.2 Å². The maximum absolute atomic E-state index is 12.6. The molecule has 162 valence electrons. The molecule has 6 nitrogen and oxygen atoms in total. The Morgan fingerprint density at radius 1 is 1.03 bits per heavy atom. The Morgan fingerprint density at radius 2 is 1.81 bits per heavy atom. The average molecular weight is 440 g/mol. The largest absolute Gasteiger partial charge is 0.492 e. The van der Waals surface area contributed by atoms with Crippen LogP contribution in [-0.4, -0.2) is 40.2 Å². The first-order chi connectivity index (χ1) is 15.1. The molecular formula is C24H26ClN3O3. The number of likely N-dealkylation sites (tertiary alicyclic amines) is 1. The van der Waals surface area contributed by atoms with Crippen molar-refractivity contribution in [1.29, 1.82) is 0 Å². The molecule has 0 radical (unpaired) electrons. The lowest BCUT2D eigenvalue weighted by Crippen LogP contribution is -2.34. The third-order valence-electron chi connectivity index (χ3n) is 5.44. The highest BCUT2D eigenvalue weighted by Crippen LogP contribution is 2.18. The van der Waals surface area contributed by atoms with E-state index in [1.54, 1.807) is 35.2 Å². The van der Waals surface area contributed by atoms with Crippen molar-refractivity contribution in [3.05, 3.63) is 82.0 Å². The fourth-order valence-electron chi connectivity index (χ4n) is 3.62. The monoisotopic (exact) mass is 439 g/mol. The van der Waals surface area contributed by atoms with Gasteiger partial charge in [0.05, 0.1) is 10.7 Å². The first kappa shape index (κ1) is 21.4. The van der Waals surface area contributed by atoms with Crippen molar-refractivity contribution in [1.82, 2.24) is 14.5 Å². The zero-order chi connectivity index (χ0) is 21.6. The van der Waals surface area contributed by atoms with Gasteiger partial charge >= 0.3 is 0 Å². The molecule has 1 aliphatic heterocycles. The van der Waals surface area contributed by atoms with Crippen molar-refractivity contribution in [2.75, 3.05) is 19.7 Å². The van der Waals surface area contributed by atoms with Gasteiger partial charge < -0.3 is 9.47 Å². The lowest BCUT2D eigenvalue weighted by Gasteiger charge is -2.23. The Balaban J connectivity index is 1.35. The minimum absolute atomic E-state index is 0.169. The average Bonchev–Trinajstić information content (AvgIpc) is 3.33. The van der Waals surface area contributed by atoms with Crippen molar-refractivity contribution >= 4 is 11.6 Å². The minimum Gasteiger partial charge on any atom is -0.492 e. The van der Waals surface area contributed by atoms with Crippen LogP contribution in [0, 0.1) is 0 Å². The Bertz CT molecular complexity index is 1040. The molecular weight excluding hydrogens is 414 g/mol. The van der Waals surface area contributed by atoms with Crippen LogP contribution in [0.3, 0.4) is 0 Å². The Morgan fingerprint density at radius 3 is 2.48 bits per heavy atom. The maximum Gasteiger partial charge on any atom is 0.258 e. The van der Waals surface area contributed by atoms with Gasteiger partial charge in [-0.1, -0.05) is 11.6 Å². The SMILES string of the molecule is C[C@H](COc1ccc(-n2ccc(OCc3ccc(Cl)cn3)cc2=O)cc1)N1CCCC1. The number of nitrogens with zero attached hydrogens (tertiary/aromatic N) is 3. The third kappa shape index (κ3) is 5.66. The Labute approximate surface area is 187 Å². The molecule has 0 aliphatic carbocycles. The van der Waals surface area contributed by atoms with Gasteiger partial charge in [0.1, 0.15) is 24.7 Å². The van der Waals surface area contributed by atoms with Gasteiger partial charge in [-0.3, -0.25) is 19.2 Å². The number of rotatable bonds is 8. The molecule has 0 spiro atoms. The fraction of sp³-hybridized carbons (Fsp3) is 0.333. The van der Waals surface area contributed by atoms with Crippen molar-refractivity contribution in [2.45, 2.75) is 32.4 Å². The molecule has 1 atom stereocenters. The highest BCUT2D eigenvalue weighted by atomic mass is 35.5. The summed E-state index contributed by atoms with van der Waals surface area (Å²) in [6.07, 6.45) is 5.82. The number of ether oxygens (including phenoxy) is 2. The number of hydrogen-bond donors (Lipinski definition) is 0. The van der Waals surface area contributed by atoms with Crippen LogP contribution < -0.4 is 15.0 Å². The smallest absolute Gasteiger partial charge is 0.258 e. The highest BCUT2D eigenvalue weighted by Gasteiger charge is 2.18. The summed E-state index contributed by atoms with van der Waals surface area (Å²) in [4.78, 5) is 19.2. The molecule has 1 fully saturated rings. The third-order valence-corrected chi connectivity index (χ3v) is 5.66. The van der Waals surface area contributed by atoms with Gasteiger partial charge in [0.25, 0.3) is 5.56 Å². The van der Waals surface area contributed by atoms with E-state index in [0.717, 1.165) is 30.2 Å². The van der Waals surface area contributed by atoms with E-state index in [1.165, 1.54) is 18.9 Å². The van der Waals surface area contributed by atoms with Crippen LogP contribution in [0.5, 0.6) is 11.5 Å². The Kier molecular flexibility index (Phi) is 6.89. The van der Waals surface area contributed by atoms with E-state index in [0.29, 0.717) is 23.4 Å². The highest BCUT2D eigenvalue weighted by molar-refractivity contribution is 6.30. The maximum atomic E-state index is 12.6. The van der Waals surface area contributed by atoms with Gasteiger partial charge in [0, 0.05) is 30.2 Å². The summed E-state index contributed by atoms with van der Waals surface area (Å²) in [5.41, 5.74) is 1.34. The molecule has 0 amide bonds. The van der Waals surface area contributed by atoms with Gasteiger partial charge in [-0.25, -0.2) is 0 Å². The first-order valence-corrected chi connectivity index (χ1v) is 10.9. The van der Waals surface area contributed by atoms with Crippen LogP contribution in [-0.2, 0) is 6.61 Å². The molecule has 7 heteroatoms. The molecule has 4 rings (SSSR count). The summed E-state index contributed by atoms with van der Waals surface area (Å²) in [5, 5.41) is 0.573. The lowest BCUT2D eigenvalue weighted by molar-refractivity contribution is 0.172. The zero-order valence-corrected chi connectivity index (χ0v) is 18.3. The molecule has 3 heterocycles. The second kappa shape index (κ2) is 9.98. The predicted octanol–water partition coefficient (Wildman–Crippen LogP) is 4.33. The van der Waals surface area contributed by atoms with Crippen molar-refractivity contribution in [3.63, 3.8) is 0 Å². The number of benzene rings is 1.